The third-order valence-corrected chi connectivity index (χ3v) is 5.79. The Labute approximate surface area is 143 Å². The van der Waals surface area contributed by atoms with Crippen LogP contribution in [0.5, 0.6) is 0 Å². The molecule has 5 heteroatoms. The fraction of sp³-hybridized carbons (Fsp3) is 0.632. The Morgan fingerprint density at radius 1 is 1.38 bits per heavy atom. The van der Waals surface area contributed by atoms with Crippen molar-refractivity contribution in [3.05, 3.63) is 35.6 Å². The second-order valence-corrected chi connectivity index (χ2v) is 7.39. The van der Waals surface area contributed by atoms with Crippen molar-refractivity contribution in [3.8, 4) is 0 Å². The van der Waals surface area contributed by atoms with Crippen LogP contribution in [0.1, 0.15) is 44.6 Å². The van der Waals surface area contributed by atoms with Crippen molar-refractivity contribution in [3.63, 3.8) is 0 Å². The van der Waals surface area contributed by atoms with Gasteiger partial charge in [-0.15, -0.1) is 0 Å². The third-order valence-electron chi connectivity index (χ3n) is 5.79. The van der Waals surface area contributed by atoms with E-state index in [0.29, 0.717) is 19.6 Å². The Hall–Kier alpha value is -1.62. The summed E-state index contributed by atoms with van der Waals surface area (Å²) in [4.78, 5) is 14.3. The van der Waals surface area contributed by atoms with E-state index >= 15 is 0 Å². The average molecular weight is 334 g/mol. The van der Waals surface area contributed by atoms with Crippen molar-refractivity contribution in [2.24, 2.45) is 5.92 Å². The summed E-state index contributed by atoms with van der Waals surface area (Å²) in [6, 6.07) is 6.67. The van der Waals surface area contributed by atoms with E-state index in [9.17, 15) is 14.3 Å². The molecule has 1 aromatic carbocycles. The van der Waals surface area contributed by atoms with Crippen LogP contribution in [0.2, 0.25) is 0 Å². The molecule has 0 aromatic heterocycles. The first-order valence-electron chi connectivity index (χ1n) is 8.97. The Morgan fingerprint density at radius 2 is 2.04 bits per heavy atom. The van der Waals surface area contributed by atoms with Crippen LogP contribution >= 0.6 is 0 Å². The van der Waals surface area contributed by atoms with Gasteiger partial charge < -0.3 is 15.3 Å². The number of urea groups is 1. The molecule has 0 radical (unpaired) electrons. The normalized spacial score (nSPS) is 24.1. The molecule has 1 saturated heterocycles. The zero-order chi connectivity index (χ0) is 17.2. The molecular formula is C19H27FN2O2. The van der Waals surface area contributed by atoms with Crippen LogP contribution in [-0.4, -0.2) is 41.8 Å². The lowest BCUT2D eigenvalue weighted by molar-refractivity contribution is 0.129. The maximum atomic E-state index is 13.2. The molecule has 0 bridgehead atoms. The number of hydrogen-bond donors (Lipinski definition) is 2. The SMILES string of the molecule is C[C@@H](O)[C@H]1CCN(C(=O)NCC2(c3ccc(F)cc3)CCCC2)C1. The summed E-state index contributed by atoms with van der Waals surface area (Å²) >= 11 is 0. The van der Waals surface area contributed by atoms with Gasteiger partial charge in [-0.25, -0.2) is 9.18 Å². The van der Waals surface area contributed by atoms with Crippen molar-refractivity contribution >= 4 is 6.03 Å². The van der Waals surface area contributed by atoms with Crippen molar-refractivity contribution in [1.29, 1.82) is 0 Å². The molecule has 24 heavy (non-hydrogen) atoms. The molecule has 4 nitrogen and oxygen atoms in total. The average Bonchev–Trinajstić information content (AvgIpc) is 3.23. The van der Waals surface area contributed by atoms with Crippen molar-refractivity contribution in [2.75, 3.05) is 19.6 Å². The number of nitrogens with one attached hydrogen (secondary N) is 1. The first kappa shape index (κ1) is 17.2. The van der Waals surface area contributed by atoms with Crippen molar-refractivity contribution in [1.82, 2.24) is 10.2 Å². The third kappa shape index (κ3) is 3.56. The van der Waals surface area contributed by atoms with Crippen LogP contribution in [-0.2, 0) is 5.41 Å². The lowest BCUT2D eigenvalue weighted by atomic mass is 9.79. The largest absolute Gasteiger partial charge is 0.393 e. The van der Waals surface area contributed by atoms with Crippen LogP contribution in [0.25, 0.3) is 0 Å². The lowest BCUT2D eigenvalue weighted by Crippen LogP contribution is -2.45. The molecule has 1 aromatic rings. The van der Waals surface area contributed by atoms with Gasteiger partial charge in [0.25, 0.3) is 0 Å². The maximum Gasteiger partial charge on any atom is 0.317 e. The van der Waals surface area contributed by atoms with Crippen LogP contribution in [0.4, 0.5) is 9.18 Å². The van der Waals surface area contributed by atoms with Gasteiger partial charge in [-0.2, -0.15) is 0 Å². The number of carbonyl (C=O) groups is 1. The van der Waals surface area contributed by atoms with Gasteiger partial charge in [0.15, 0.2) is 0 Å². The molecule has 3 rings (SSSR count). The molecule has 2 amide bonds. The molecule has 0 spiro atoms. The molecule has 1 aliphatic carbocycles. The number of nitrogens with zero attached hydrogens (tertiary/aromatic N) is 1. The standard InChI is InChI=1S/C19H27FN2O2/c1-14(23)15-8-11-22(12-15)18(24)21-13-19(9-2-3-10-19)16-4-6-17(20)7-5-16/h4-7,14-15,23H,2-3,8-13H2,1H3,(H,21,24)/t14-,15+/m1/s1. The van der Waals surface area contributed by atoms with Crippen LogP contribution in [0.3, 0.4) is 0 Å². The number of aliphatic hydroxyl groups is 1. The van der Waals surface area contributed by atoms with Gasteiger partial charge in [0.2, 0.25) is 0 Å². The molecule has 132 valence electrons. The van der Waals surface area contributed by atoms with E-state index in [2.05, 4.69) is 5.32 Å². The number of benzene rings is 1. The van der Waals surface area contributed by atoms with Gasteiger partial charge in [0.05, 0.1) is 6.10 Å². The number of halogens is 1. The second-order valence-electron chi connectivity index (χ2n) is 7.39. The quantitative estimate of drug-likeness (QED) is 0.889. The molecule has 2 aliphatic rings. The molecule has 2 fully saturated rings. The fourth-order valence-corrected chi connectivity index (χ4v) is 4.14. The first-order valence-corrected chi connectivity index (χ1v) is 8.97. The molecule has 2 atom stereocenters. The predicted octanol–water partition coefficient (Wildman–Crippen LogP) is 3.05. The smallest absolute Gasteiger partial charge is 0.317 e. The molecule has 1 aliphatic heterocycles. The molecule has 2 N–H and O–H groups in total. The summed E-state index contributed by atoms with van der Waals surface area (Å²) < 4.78 is 13.2. The molecule has 1 saturated carbocycles. The highest BCUT2D eigenvalue weighted by Gasteiger charge is 2.37. The lowest BCUT2D eigenvalue weighted by Gasteiger charge is -2.31. The maximum absolute atomic E-state index is 13.2. The van der Waals surface area contributed by atoms with E-state index in [-0.39, 0.29) is 29.3 Å². The second kappa shape index (κ2) is 7.09. The summed E-state index contributed by atoms with van der Waals surface area (Å²) in [7, 11) is 0. The summed E-state index contributed by atoms with van der Waals surface area (Å²) in [5.74, 6) is -0.0505. The summed E-state index contributed by atoms with van der Waals surface area (Å²) in [6.45, 7) is 3.69. The minimum Gasteiger partial charge on any atom is -0.393 e. The molecular weight excluding hydrogens is 307 g/mol. The monoisotopic (exact) mass is 334 g/mol. The van der Waals surface area contributed by atoms with Gasteiger partial charge in [-0.3, -0.25) is 0 Å². The number of carbonyl (C=O) groups excluding carboxylic acids is 1. The summed E-state index contributed by atoms with van der Waals surface area (Å²) in [5, 5.41) is 12.8. The van der Waals surface area contributed by atoms with Gasteiger partial charge >= 0.3 is 6.03 Å². The van der Waals surface area contributed by atoms with Crippen LogP contribution in [0, 0.1) is 11.7 Å². The Bertz CT molecular complexity index is 567. The van der Waals surface area contributed by atoms with Crippen molar-refractivity contribution in [2.45, 2.75) is 50.5 Å². The van der Waals surface area contributed by atoms with E-state index < -0.39 is 0 Å². The first-order chi connectivity index (χ1) is 11.5. The Balaban J connectivity index is 1.63. The van der Waals surface area contributed by atoms with E-state index in [1.807, 2.05) is 12.1 Å². The summed E-state index contributed by atoms with van der Waals surface area (Å²) in [6.07, 6.45) is 4.81. The molecule has 1 heterocycles. The topological polar surface area (TPSA) is 52.6 Å². The van der Waals surface area contributed by atoms with E-state index in [4.69, 9.17) is 0 Å². The number of likely N-dealkylation sites (tertiary alicyclic amines) is 1. The van der Waals surface area contributed by atoms with E-state index in [1.165, 1.54) is 12.1 Å². The number of aliphatic hydroxyl groups excluding tert-OH is 1. The number of rotatable bonds is 4. The zero-order valence-electron chi connectivity index (χ0n) is 14.3. The predicted molar refractivity (Wildman–Crippen MR) is 91.3 cm³/mol. The van der Waals surface area contributed by atoms with E-state index in [1.54, 1.807) is 11.8 Å². The fourth-order valence-electron chi connectivity index (χ4n) is 4.14. The minimum atomic E-state index is -0.372. The molecule has 0 unspecified atom stereocenters. The highest BCUT2D eigenvalue weighted by Crippen LogP contribution is 2.40. The number of hydrogen-bond acceptors (Lipinski definition) is 2. The summed E-state index contributed by atoms with van der Waals surface area (Å²) in [5.41, 5.74) is 1.04. The Morgan fingerprint density at radius 3 is 2.62 bits per heavy atom. The van der Waals surface area contributed by atoms with Gasteiger partial charge in [0, 0.05) is 31.0 Å². The van der Waals surface area contributed by atoms with Crippen LogP contribution in [0.15, 0.2) is 24.3 Å². The minimum absolute atomic E-state index is 0.0495. The highest BCUT2D eigenvalue weighted by atomic mass is 19.1. The zero-order valence-corrected chi connectivity index (χ0v) is 14.3. The number of amides is 2. The van der Waals surface area contributed by atoms with Gasteiger partial charge in [0.1, 0.15) is 5.82 Å². The van der Waals surface area contributed by atoms with Gasteiger partial charge in [-0.05, 0) is 43.9 Å². The van der Waals surface area contributed by atoms with Crippen molar-refractivity contribution < 1.29 is 14.3 Å². The van der Waals surface area contributed by atoms with Gasteiger partial charge in [-0.1, -0.05) is 25.0 Å². The highest BCUT2D eigenvalue weighted by molar-refractivity contribution is 5.74. The van der Waals surface area contributed by atoms with E-state index in [0.717, 1.165) is 37.7 Å². The van der Waals surface area contributed by atoms with Crippen LogP contribution < -0.4 is 5.32 Å². The Kier molecular flexibility index (Phi) is 5.09.